The standard InChI is InChI=1S/C24H28FN5O5/c1-13(27-20-7-8-30-21(29-20)18(12-26-30)22(31)32)17-9-14(25)5-6-19(17)34-16-10-15(11-16)28-23(33)35-24(2,3)4/h5-9,12-13,15-16H,10-11H2,1-4H3,(H,27,29)(H,28,33)(H,31,32)/t13-,15?,16?/m1/s1. The number of carbonyl (C=O) groups excluding carboxylic acids is 1. The largest absolute Gasteiger partial charge is 0.490 e. The van der Waals surface area contributed by atoms with Crippen LogP contribution in [0, 0.1) is 5.82 Å². The van der Waals surface area contributed by atoms with Crippen LogP contribution >= 0.6 is 0 Å². The Labute approximate surface area is 201 Å². The molecule has 3 aromatic rings. The third-order valence-corrected chi connectivity index (χ3v) is 5.51. The number of hydrogen-bond donors (Lipinski definition) is 3. The molecule has 0 radical (unpaired) electrons. The van der Waals surface area contributed by atoms with Crippen LogP contribution in [0.1, 0.15) is 62.5 Å². The zero-order chi connectivity index (χ0) is 25.3. The number of nitrogens with one attached hydrogen (secondary N) is 2. The van der Waals surface area contributed by atoms with Crippen molar-refractivity contribution < 1.29 is 28.6 Å². The number of alkyl carbamates (subject to hydrolysis) is 1. The zero-order valence-electron chi connectivity index (χ0n) is 19.9. The molecule has 4 rings (SSSR count). The summed E-state index contributed by atoms with van der Waals surface area (Å²) in [6.07, 6.45) is 3.45. The fraction of sp³-hybridized carbons (Fsp3) is 0.417. The van der Waals surface area contributed by atoms with Crippen molar-refractivity contribution in [1.82, 2.24) is 19.9 Å². The molecule has 2 heterocycles. The van der Waals surface area contributed by atoms with Crippen LogP contribution in [-0.4, -0.2) is 49.5 Å². The third kappa shape index (κ3) is 5.79. The number of amides is 1. The smallest absolute Gasteiger partial charge is 0.407 e. The summed E-state index contributed by atoms with van der Waals surface area (Å²) in [6.45, 7) is 7.24. The van der Waals surface area contributed by atoms with Gasteiger partial charge in [-0.1, -0.05) is 0 Å². The lowest BCUT2D eigenvalue weighted by Gasteiger charge is -2.36. The number of rotatable bonds is 7. The fourth-order valence-electron chi connectivity index (χ4n) is 3.80. The van der Waals surface area contributed by atoms with Gasteiger partial charge in [0.2, 0.25) is 0 Å². The molecule has 0 aliphatic heterocycles. The van der Waals surface area contributed by atoms with E-state index in [1.54, 1.807) is 39.1 Å². The van der Waals surface area contributed by atoms with Gasteiger partial charge in [0, 0.05) is 30.6 Å². The highest BCUT2D eigenvalue weighted by Crippen LogP contribution is 2.33. The number of aromatic nitrogens is 3. The van der Waals surface area contributed by atoms with Crippen molar-refractivity contribution in [2.24, 2.45) is 0 Å². The lowest BCUT2D eigenvalue weighted by atomic mass is 9.89. The van der Waals surface area contributed by atoms with Gasteiger partial charge in [-0.2, -0.15) is 5.10 Å². The van der Waals surface area contributed by atoms with Gasteiger partial charge >= 0.3 is 12.1 Å². The van der Waals surface area contributed by atoms with Gasteiger partial charge in [0.05, 0.1) is 12.2 Å². The Morgan fingerprint density at radius 2 is 2.00 bits per heavy atom. The molecule has 1 aromatic carbocycles. The van der Waals surface area contributed by atoms with Crippen LogP contribution in [-0.2, 0) is 4.74 Å². The first-order valence-electron chi connectivity index (χ1n) is 11.3. The number of carboxylic acids is 1. The van der Waals surface area contributed by atoms with E-state index in [9.17, 15) is 19.1 Å². The van der Waals surface area contributed by atoms with E-state index in [0.717, 1.165) is 0 Å². The molecule has 186 valence electrons. The molecule has 11 heteroatoms. The van der Waals surface area contributed by atoms with Gasteiger partial charge in [-0.15, -0.1) is 0 Å². The molecule has 1 fully saturated rings. The van der Waals surface area contributed by atoms with Crippen molar-refractivity contribution >= 4 is 23.5 Å². The van der Waals surface area contributed by atoms with Crippen LogP contribution < -0.4 is 15.4 Å². The van der Waals surface area contributed by atoms with Gasteiger partial charge < -0.3 is 25.2 Å². The average molecular weight is 486 g/mol. The second-order valence-electron chi connectivity index (χ2n) is 9.55. The van der Waals surface area contributed by atoms with Crippen molar-refractivity contribution in [1.29, 1.82) is 0 Å². The number of fused-ring (bicyclic) bond motifs is 1. The molecule has 0 unspecified atom stereocenters. The van der Waals surface area contributed by atoms with Gasteiger partial charge in [-0.25, -0.2) is 23.5 Å². The van der Waals surface area contributed by atoms with Crippen LogP contribution in [0.5, 0.6) is 5.75 Å². The minimum absolute atomic E-state index is 0.0180. The minimum atomic E-state index is -1.13. The first-order valence-corrected chi connectivity index (χ1v) is 11.3. The molecule has 0 bridgehead atoms. The summed E-state index contributed by atoms with van der Waals surface area (Å²) in [5.41, 5.74) is 0.198. The lowest BCUT2D eigenvalue weighted by molar-refractivity contribution is 0.0360. The van der Waals surface area contributed by atoms with Gasteiger partial charge in [-0.05, 0) is 52.0 Å². The molecule has 1 saturated carbocycles. The number of carbonyl (C=O) groups is 2. The predicted octanol–water partition coefficient (Wildman–Crippen LogP) is 4.17. The van der Waals surface area contributed by atoms with Crippen molar-refractivity contribution in [3.8, 4) is 5.75 Å². The Morgan fingerprint density at radius 1 is 1.26 bits per heavy atom. The summed E-state index contributed by atoms with van der Waals surface area (Å²) in [5.74, 6) is -0.609. The third-order valence-electron chi connectivity index (χ3n) is 5.51. The number of halogens is 1. The summed E-state index contributed by atoms with van der Waals surface area (Å²) in [5, 5.41) is 19.3. The maximum Gasteiger partial charge on any atom is 0.407 e. The second-order valence-corrected chi connectivity index (χ2v) is 9.55. The van der Waals surface area contributed by atoms with E-state index < -0.39 is 29.5 Å². The number of benzene rings is 1. The average Bonchev–Trinajstić information content (AvgIpc) is 3.15. The molecular formula is C24H28FN5O5. The summed E-state index contributed by atoms with van der Waals surface area (Å²) >= 11 is 0. The molecule has 3 N–H and O–H groups in total. The molecule has 1 amide bonds. The van der Waals surface area contributed by atoms with Crippen LogP contribution in [0.15, 0.2) is 36.7 Å². The van der Waals surface area contributed by atoms with E-state index in [4.69, 9.17) is 9.47 Å². The van der Waals surface area contributed by atoms with Crippen molar-refractivity contribution in [2.75, 3.05) is 5.32 Å². The minimum Gasteiger partial charge on any atom is -0.490 e. The maximum absolute atomic E-state index is 14.1. The molecule has 1 aliphatic rings. The SMILES string of the molecule is C[C@@H](Nc1ccn2ncc(C(=O)O)c2n1)c1cc(F)ccc1OC1CC(NC(=O)OC(C)(C)C)C1. The quantitative estimate of drug-likeness (QED) is 0.455. The van der Waals surface area contributed by atoms with E-state index in [1.807, 2.05) is 6.92 Å². The van der Waals surface area contributed by atoms with E-state index >= 15 is 0 Å². The van der Waals surface area contributed by atoms with Crippen molar-refractivity contribution in [3.63, 3.8) is 0 Å². The van der Waals surface area contributed by atoms with Crippen LogP contribution in [0.2, 0.25) is 0 Å². The molecule has 0 saturated heterocycles. The van der Waals surface area contributed by atoms with Gasteiger partial charge in [0.1, 0.15) is 34.7 Å². The van der Waals surface area contributed by atoms with Gasteiger partial charge in [-0.3, -0.25) is 0 Å². The topological polar surface area (TPSA) is 127 Å². The molecular weight excluding hydrogens is 457 g/mol. The van der Waals surface area contributed by atoms with Gasteiger partial charge in [0.25, 0.3) is 0 Å². The molecule has 35 heavy (non-hydrogen) atoms. The predicted molar refractivity (Wildman–Crippen MR) is 125 cm³/mol. The summed E-state index contributed by atoms with van der Waals surface area (Å²) in [4.78, 5) is 27.7. The highest BCUT2D eigenvalue weighted by Gasteiger charge is 2.34. The normalized spacial score (nSPS) is 18.4. The Balaban J connectivity index is 1.42. The van der Waals surface area contributed by atoms with E-state index in [-0.39, 0.29) is 23.4 Å². The van der Waals surface area contributed by atoms with E-state index in [1.165, 1.54) is 22.8 Å². The molecule has 0 spiro atoms. The highest BCUT2D eigenvalue weighted by atomic mass is 19.1. The number of anilines is 1. The number of aromatic carboxylic acids is 1. The zero-order valence-corrected chi connectivity index (χ0v) is 19.9. The first kappa shape index (κ1) is 24.2. The van der Waals surface area contributed by atoms with Crippen LogP contribution in [0.4, 0.5) is 15.0 Å². The number of ether oxygens (including phenoxy) is 2. The molecule has 1 atom stereocenters. The van der Waals surface area contributed by atoms with Crippen LogP contribution in [0.3, 0.4) is 0 Å². The molecule has 1 aliphatic carbocycles. The Hall–Kier alpha value is -3.89. The first-order chi connectivity index (χ1) is 16.5. The number of hydrogen-bond acceptors (Lipinski definition) is 7. The molecule has 2 aromatic heterocycles. The Morgan fingerprint density at radius 3 is 2.69 bits per heavy atom. The van der Waals surface area contributed by atoms with Crippen molar-refractivity contribution in [2.45, 2.75) is 64.3 Å². The number of nitrogens with zero attached hydrogens (tertiary/aromatic N) is 3. The maximum atomic E-state index is 14.1. The van der Waals surface area contributed by atoms with Gasteiger partial charge in [0.15, 0.2) is 5.65 Å². The van der Waals surface area contributed by atoms with E-state index in [2.05, 4.69) is 20.7 Å². The number of carboxylic acid groups (broad SMARTS) is 1. The lowest BCUT2D eigenvalue weighted by Crippen LogP contribution is -2.50. The Kier molecular flexibility index (Phi) is 6.51. The van der Waals surface area contributed by atoms with Crippen LogP contribution in [0.25, 0.3) is 5.65 Å². The van der Waals surface area contributed by atoms with Crippen molar-refractivity contribution in [3.05, 3.63) is 53.6 Å². The second kappa shape index (κ2) is 9.40. The summed E-state index contributed by atoms with van der Waals surface area (Å²) < 4.78 is 26.8. The monoisotopic (exact) mass is 485 g/mol. The summed E-state index contributed by atoms with van der Waals surface area (Å²) in [7, 11) is 0. The summed E-state index contributed by atoms with van der Waals surface area (Å²) in [6, 6.07) is 5.50. The molecule has 10 nitrogen and oxygen atoms in total. The highest BCUT2D eigenvalue weighted by molar-refractivity contribution is 5.94. The fourth-order valence-corrected chi connectivity index (χ4v) is 3.80. The van der Waals surface area contributed by atoms with E-state index in [0.29, 0.717) is 30.0 Å². The Bertz CT molecular complexity index is 1250.